The van der Waals surface area contributed by atoms with Crippen molar-refractivity contribution in [1.82, 2.24) is 14.7 Å². The van der Waals surface area contributed by atoms with Crippen LogP contribution in [-0.4, -0.2) is 27.6 Å². The standard InChI is InChI=1S/C21H18ClN3O2/c1-24(21(26)20-10-17-9-18(22)7-8-19(17)27-20)12-16-11-23-25(14-16)13-15-5-3-2-4-6-15/h2-11,14H,12-13H2,1H3. The molecule has 2 heterocycles. The summed E-state index contributed by atoms with van der Waals surface area (Å²) in [6.07, 6.45) is 3.74. The summed E-state index contributed by atoms with van der Waals surface area (Å²) in [7, 11) is 1.75. The fourth-order valence-corrected chi connectivity index (χ4v) is 3.18. The largest absolute Gasteiger partial charge is 0.451 e. The molecule has 27 heavy (non-hydrogen) atoms. The number of rotatable bonds is 5. The third kappa shape index (κ3) is 3.88. The molecule has 0 aliphatic heterocycles. The lowest BCUT2D eigenvalue weighted by Crippen LogP contribution is -2.25. The molecule has 5 nitrogen and oxygen atoms in total. The van der Waals surface area contributed by atoms with Crippen LogP contribution in [0.25, 0.3) is 11.0 Å². The van der Waals surface area contributed by atoms with Crippen LogP contribution in [0.1, 0.15) is 21.7 Å². The van der Waals surface area contributed by atoms with Crippen molar-refractivity contribution in [2.75, 3.05) is 7.05 Å². The molecule has 1 amide bonds. The van der Waals surface area contributed by atoms with Crippen LogP contribution >= 0.6 is 11.6 Å². The number of amides is 1. The lowest BCUT2D eigenvalue weighted by Gasteiger charge is -2.14. The van der Waals surface area contributed by atoms with Crippen molar-refractivity contribution in [2.24, 2.45) is 0 Å². The van der Waals surface area contributed by atoms with Gasteiger partial charge in [-0.15, -0.1) is 0 Å². The number of hydrogen-bond donors (Lipinski definition) is 0. The molecule has 0 fully saturated rings. The highest BCUT2D eigenvalue weighted by molar-refractivity contribution is 6.31. The lowest BCUT2D eigenvalue weighted by atomic mass is 10.2. The van der Waals surface area contributed by atoms with Crippen LogP contribution in [0.5, 0.6) is 0 Å². The van der Waals surface area contributed by atoms with Crippen LogP contribution in [0.15, 0.2) is 71.4 Å². The molecule has 6 heteroatoms. The average Bonchev–Trinajstić information content (AvgIpc) is 3.28. The molecule has 0 spiro atoms. The van der Waals surface area contributed by atoms with Gasteiger partial charge in [0.2, 0.25) is 0 Å². The molecule has 0 N–H and O–H groups in total. The number of fused-ring (bicyclic) bond motifs is 1. The van der Waals surface area contributed by atoms with Gasteiger partial charge in [0.05, 0.1) is 12.7 Å². The molecule has 0 aliphatic rings. The zero-order valence-electron chi connectivity index (χ0n) is 14.8. The van der Waals surface area contributed by atoms with Crippen molar-refractivity contribution in [3.05, 3.63) is 88.9 Å². The van der Waals surface area contributed by atoms with Gasteiger partial charge < -0.3 is 9.32 Å². The van der Waals surface area contributed by atoms with Gasteiger partial charge in [-0.25, -0.2) is 0 Å². The Bertz CT molecular complexity index is 1090. The minimum Gasteiger partial charge on any atom is -0.451 e. The summed E-state index contributed by atoms with van der Waals surface area (Å²) in [6, 6.07) is 17.1. The van der Waals surface area contributed by atoms with E-state index in [1.165, 1.54) is 5.56 Å². The monoisotopic (exact) mass is 379 g/mol. The zero-order valence-corrected chi connectivity index (χ0v) is 15.6. The van der Waals surface area contributed by atoms with Gasteiger partial charge in [-0.2, -0.15) is 5.10 Å². The molecule has 0 unspecified atom stereocenters. The van der Waals surface area contributed by atoms with Crippen molar-refractivity contribution in [2.45, 2.75) is 13.1 Å². The maximum absolute atomic E-state index is 12.7. The molecular weight excluding hydrogens is 362 g/mol. The minimum absolute atomic E-state index is 0.182. The number of hydrogen-bond acceptors (Lipinski definition) is 3. The number of carbonyl (C=O) groups excluding carboxylic acids is 1. The molecular formula is C21H18ClN3O2. The Kier molecular flexibility index (Phi) is 4.69. The highest BCUT2D eigenvalue weighted by Gasteiger charge is 2.17. The van der Waals surface area contributed by atoms with E-state index in [1.807, 2.05) is 29.1 Å². The summed E-state index contributed by atoms with van der Waals surface area (Å²) in [5, 5.41) is 5.81. The zero-order chi connectivity index (χ0) is 18.8. The van der Waals surface area contributed by atoms with Gasteiger partial charge in [-0.3, -0.25) is 9.48 Å². The van der Waals surface area contributed by atoms with Crippen molar-refractivity contribution in [1.29, 1.82) is 0 Å². The highest BCUT2D eigenvalue weighted by Crippen LogP contribution is 2.24. The third-order valence-corrected chi connectivity index (χ3v) is 4.56. The molecule has 4 rings (SSSR count). The SMILES string of the molecule is CN(Cc1cnn(Cc2ccccc2)c1)C(=O)c1cc2cc(Cl)ccc2o1. The molecule has 4 aromatic rings. The fraction of sp³-hybridized carbons (Fsp3) is 0.143. The van der Waals surface area contributed by atoms with Crippen LogP contribution in [0, 0.1) is 0 Å². The number of benzene rings is 2. The second kappa shape index (κ2) is 7.29. The molecule has 0 bridgehead atoms. The first kappa shape index (κ1) is 17.4. The Balaban J connectivity index is 1.45. The first-order valence-electron chi connectivity index (χ1n) is 8.58. The van der Waals surface area contributed by atoms with E-state index in [0.29, 0.717) is 29.5 Å². The average molecular weight is 380 g/mol. The Morgan fingerprint density at radius 3 is 2.78 bits per heavy atom. The van der Waals surface area contributed by atoms with E-state index in [1.54, 1.807) is 42.4 Å². The van der Waals surface area contributed by atoms with E-state index in [2.05, 4.69) is 17.2 Å². The highest BCUT2D eigenvalue weighted by atomic mass is 35.5. The quantitative estimate of drug-likeness (QED) is 0.509. The second-order valence-electron chi connectivity index (χ2n) is 6.49. The first-order chi connectivity index (χ1) is 13.1. The number of carbonyl (C=O) groups is 1. The third-order valence-electron chi connectivity index (χ3n) is 4.33. The van der Waals surface area contributed by atoms with Crippen LogP contribution in [0.4, 0.5) is 0 Å². The predicted octanol–water partition coefficient (Wildman–Crippen LogP) is 4.60. The molecule has 0 atom stereocenters. The number of aromatic nitrogens is 2. The molecule has 0 radical (unpaired) electrons. The number of halogens is 1. The predicted molar refractivity (Wildman–Crippen MR) is 105 cm³/mol. The summed E-state index contributed by atoms with van der Waals surface area (Å²) in [5.74, 6) is 0.115. The van der Waals surface area contributed by atoms with E-state index in [0.717, 1.165) is 10.9 Å². The van der Waals surface area contributed by atoms with Gasteiger partial charge in [0.15, 0.2) is 5.76 Å². The van der Waals surface area contributed by atoms with Gasteiger partial charge in [0.25, 0.3) is 5.91 Å². The molecule has 2 aromatic carbocycles. The van der Waals surface area contributed by atoms with Crippen molar-refractivity contribution < 1.29 is 9.21 Å². The molecule has 0 aliphatic carbocycles. The molecule has 2 aromatic heterocycles. The van der Waals surface area contributed by atoms with Gasteiger partial charge in [0, 0.05) is 35.8 Å². The van der Waals surface area contributed by atoms with Gasteiger partial charge in [0.1, 0.15) is 5.58 Å². The summed E-state index contributed by atoms with van der Waals surface area (Å²) in [6.45, 7) is 1.15. The van der Waals surface area contributed by atoms with Crippen LogP contribution in [-0.2, 0) is 13.1 Å². The summed E-state index contributed by atoms with van der Waals surface area (Å²) in [4.78, 5) is 14.3. The van der Waals surface area contributed by atoms with Crippen molar-refractivity contribution in [3.8, 4) is 0 Å². The van der Waals surface area contributed by atoms with E-state index < -0.39 is 0 Å². The van der Waals surface area contributed by atoms with Crippen LogP contribution < -0.4 is 0 Å². The van der Waals surface area contributed by atoms with Gasteiger partial charge in [-0.1, -0.05) is 41.9 Å². The van der Waals surface area contributed by atoms with E-state index in [4.69, 9.17) is 16.0 Å². The smallest absolute Gasteiger partial charge is 0.289 e. The summed E-state index contributed by atoms with van der Waals surface area (Å²) >= 11 is 5.99. The summed E-state index contributed by atoms with van der Waals surface area (Å²) < 4.78 is 7.52. The van der Waals surface area contributed by atoms with Crippen LogP contribution in [0.3, 0.4) is 0 Å². The second-order valence-corrected chi connectivity index (χ2v) is 6.92. The number of furan rings is 1. The Morgan fingerprint density at radius 1 is 1.15 bits per heavy atom. The maximum Gasteiger partial charge on any atom is 0.289 e. The Morgan fingerprint density at radius 2 is 1.96 bits per heavy atom. The molecule has 136 valence electrons. The van der Waals surface area contributed by atoms with Crippen molar-refractivity contribution >= 4 is 28.5 Å². The molecule has 0 saturated carbocycles. The number of nitrogens with zero attached hydrogens (tertiary/aromatic N) is 3. The normalized spacial score (nSPS) is 11.0. The molecule has 0 saturated heterocycles. The van der Waals surface area contributed by atoms with E-state index in [-0.39, 0.29) is 5.91 Å². The lowest BCUT2D eigenvalue weighted by molar-refractivity contribution is 0.0756. The topological polar surface area (TPSA) is 51.3 Å². The van der Waals surface area contributed by atoms with Crippen LogP contribution in [0.2, 0.25) is 5.02 Å². The minimum atomic E-state index is -0.182. The summed E-state index contributed by atoms with van der Waals surface area (Å²) in [5.41, 5.74) is 2.78. The van der Waals surface area contributed by atoms with Gasteiger partial charge in [-0.05, 0) is 29.8 Å². The fourth-order valence-electron chi connectivity index (χ4n) is 3.00. The Hall–Kier alpha value is -3.05. The first-order valence-corrected chi connectivity index (χ1v) is 8.96. The van der Waals surface area contributed by atoms with Gasteiger partial charge >= 0.3 is 0 Å². The van der Waals surface area contributed by atoms with E-state index >= 15 is 0 Å². The van der Waals surface area contributed by atoms with Crippen molar-refractivity contribution in [3.63, 3.8) is 0 Å². The Labute approximate surface area is 161 Å². The van der Waals surface area contributed by atoms with E-state index in [9.17, 15) is 4.79 Å². The maximum atomic E-state index is 12.7.